The SMILES string of the molecule is CCCN(CC1CC1)CC(N)c1ccccc1. The molecule has 0 aromatic heterocycles. The van der Waals surface area contributed by atoms with Crippen molar-refractivity contribution in [2.45, 2.75) is 32.2 Å². The van der Waals surface area contributed by atoms with Crippen LogP contribution in [0.2, 0.25) is 0 Å². The zero-order chi connectivity index (χ0) is 12.1. The van der Waals surface area contributed by atoms with Crippen LogP contribution in [0.15, 0.2) is 30.3 Å². The zero-order valence-corrected chi connectivity index (χ0v) is 10.8. The molecule has 0 aliphatic heterocycles. The summed E-state index contributed by atoms with van der Waals surface area (Å²) in [6.07, 6.45) is 4.05. The first kappa shape index (κ1) is 12.6. The van der Waals surface area contributed by atoms with E-state index in [1.54, 1.807) is 0 Å². The van der Waals surface area contributed by atoms with E-state index in [2.05, 4.69) is 36.1 Å². The topological polar surface area (TPSA) is 29.3 Å². The minimum Gasteiger partial charge on any atom is -0.323 e. The molecule has 2 N–H and O–H groups in total. The monoisotopic (exact) mass is 232 g/mol. The quantitative estimate of drug-likeness (QED) is 0.783. The second-order valence-electron chi connectivity index (χ2n) is 5.22. The maximum Gasteiger partial charge on any atom is 0.0424 e. The first-order valence-electron chi connectivity index (χ1n) is 6.82. The maximum absolute atomic E-state index is 6.28. The summed E-state index contributed by atoms with van der Waals surface area (Å²) in [4.78, 5) is 2.54. The predicted octanol–water partition coefficient (Wildman–Crippen LogP) is 2.81. The van der Waals surface area contributed by atoms with Crippen molar-refractivity contribution >= 4 is 0 Å². The Morgan fingerprint density at radius 1 is 1.29 bits per heavy atom. The molecule has 1 saturated carbocycles. The fraction of sp³-hybridized carbons (Fsp3) is 0.600. The first-order chi connectivity index (χ1) is 8.29. The van der Waals surface area contributed by atoms with Crippen LogP contribution in [0.1, 0.15) is 37.8 Å². The molecule has 0 saturated heterocycles. The normalized spacial score (nSPS) is 17.4. The molecule has 0 bridgehead atoms. The van der Waals surface area contributed by atoms with Gasteiger partial charge in [-0.3, -0.25) is 0 Å². The third kappa shape index (κ3) is 4.14. The van der Waals surface area contributed by atoms with Crippen LogP contribution in [0.5, 0.6) is 0 Å². The van der Waals surface area contributed by atoms with Crippen molar-refractivity contribution in [3.05, 3.63) is 35.9 Å². The maximum atomic E-state index is 6.28. The molecule has 94 valence electrons. The first-order valence-corrected chi connectivity index (χ1v) is 6.82. The van der Waals surface area contributed by atoms with Crippen molar-refractivity contribution < 1.29 is 0 Å². The number of rotatable bonds is 7. The molecule has 1 aromatic carbocycles. The number of nitrogens with two attached hydrogens (primary N) is 1. The molecule has 2 heteroatoms. The Kier molecular flexibility index (Phi) is 4.57. The zero-order valence-electron chi connectivity index (χ0n) is 10.8. The molecule has 2 nitrogen and oxygen atoms in total. The molecular formula is C15H24N2. The van der Waals surface area contributed by atoms with Crippen LogP contribution in [0.25, 0.3) is 0 Å². The lowest BCUT2D eigenvalue weighted by Gasteiger charge is -2.25. The van der Waals surface area contributed by atoms with E-state index in [0.717, 1.165) is 12.5 Å². The summed E-state index contributed by atoms with van der Waals surface area (Å²) < 4.78 is 0. The molecular weight excluding hydrogens is 208 g/mol. The fourth-order valence-corrected chi connectivity index (χ4v) is 2.32. The molecule has 0 radical (unpaired) electrons. The van der Waals surface area contributed by atoms with Gasteiger partial charge in [0.15, 0.2) is 0 Å². The van der Waals surface area contributed by atoms with Crippen molar-refractivity contribution in [1.29, 1.82) is 0 Å². The molecule has 1 fully saturated rings. The predicted molar refractivity (Wildman–Crippen MR) is 72.8 cm³/mol. The van der Waals surface area contributed by atoms with E-state index in [1.807, 2.05) is 6.07 Å². The second kappa shape index (κ2) is 6.18. The molecule has 2 rings (SSSR count). The van der Waals surface area contributed by atoms with E-state index in [4.69, 9.17) is 5.73 Å². The van der Waals surface area contributed by atoms with E-state index in [1.165, 1.54) is 37.9 Å². The minimum atomic E-state index is 0.154. The van der Waals surface area contributed by atoms with Crippen molar-refractivity contribution in [2.75, 3.05) is 19.6 Å². The lowest BCUT2D eigenvalue weighted by atomic mass is 10.1. The standard InChI is InChI=1S/C15H24N2/c1-2-10-17(11-13-8-9-13)12-15(16)14-6-4-3-5-7-14/h3-7,13,15H,2,8-12,16H2,1H3. The smallest absolute Gasteiger partial charge is 0.0424 e. The average molecular weight is 232 g/mol. The van der Waals surface area contributed by atoms with Crippen LogP contribution in [0, 0.1) is 5.92 Å². The van der Waals surface area contributed by atoms with Gasteiger partial charge in [-0.2, -0.15) is 0 Å². The van der Waals surface area contributed by atoms with E-state index in [-0.39, 0.29) is 6.04 Å². The van der Waals surface area contributed by atoms with E-state index in [0.29, 0.717) is 0 Å². The van der Waals surface area contributed by atoms with Gasteiger partial charge in [0, 0.05) is 19.1 Å². The molecule has 0 heterocycles. The number of hydrogen-bond acceptors (Lipinski definition) is 2. The van der Waals surface area contributed by atoms with E-state index < -0.39 is 0 Å². The lowest BCUT2D eigenvalue weighted by Crippen LogP contribution is -2.34. The van der Waals surface area contributed by atoms with Crippen molar-refractivity contribution in [3.63, 3.8) is 0 Å². The highest BCUT2D eigenvalue weighted by molar-refractivity contribution is 5.18. The minimum absolute atomic E-state index is 0.154. The average Bonchev–Trinajstić information content (AvgIpc) is 3.14. The number of hydrogen-bond donors (Lipinski definition) is 1. The largest absolute Gasteiger partial charge is 0.323 e. The van der Waals surface area contributed by atoms with Gasteiger partial charge in [-0.25, -0.2) is 0 Å². The third-order valence-electron chi connectivity index (χ3n) is 3.44. The Morgan fingerprint density at radius 3 is 2.59 bits per heavy atom. The highest BCUT2D eigenvalue weighted by atomic mass is 15.1. The molecule has 1 aliphatic carbocycles. The van der Waals surface area contributed by atoms with E-state index >= 15 is 0 Å². The molecule has 1 atom stereocenters. The molecule has 17 heavy (non-hydrogen) atoms. The summed E-state index contributed by atoms with van der Waals surface area (Å²) in [6, 6.07) is 10.6. The van der Waals surface area contributed by atoms with Crippen LogP contribution in [0.3, 0.4) is 0 Å². The van der Waals surface area contributed by atoms with Crippen LogP contribution in [-0.4, -0.2) is 24.5 Å². The van der Waals surface area contributed by atoms with Gasteiger partial charge in [-0.15, -0.1) is 0 Å². The van der Waals surface area contributed by atoms with Gasteiger partial charge < -0.3 is 10.6 Å². The molecule has 0 amide bonds. The van der Waals surface area contributed by atoms with Crippen LogP contribution >= 0.6 is 0 Å². The van der Waals surface area contributed by atoms with Gasteiger partial charge in [0.25, 0.3) is 0 Å². The van der Waals surface area contributed by atoms with Crippen molar-refractivity contribution in [2.24, 2.45) is 11.7 Å². The summed E-state index contributed by atoms with van der Waals surface area (Å²) in [5.74, 6) is 0.949. The Hall–Kier alpha value is -0.860. The van der Waals surface area contributed by atoms with Gasteiger partial charge in [0.1, 0.15) is 0 Å². The summed E-state index contributed by atoms with van der Waals surface area (Å²) in [7, 11) is 0. The Labute approximate surface area is 105 Å². The van der Waals surface area contributed by atoms with Crippen molar-refractivity contribution in [3.8, 4) is 0 Å². The van der Waals surface area contributed by atoms with Gasteiger partial charge in [0.05, 0.1) is 0 Å². The summed E-state index contributed by atoms with van der Waals surface area (Å²) in [6.45, 7) is 5.66. The number of benzene rings is 1. The Balaban J connectivity index is 1.87. The number of nitrogens with zero attached hydrogens (tertiary/aromatic N) is 1. The van der Waals surface area contributed by atoms with Crippen LogP contribution < -0.4 is 5.73 Å². The summed E-state index contributed by atoms with van der Waals surface area (Å²) in [5, 5.41) is 0. The van der Waals surface area contributed by atoms with Crippen LogP contribution in [-0.2, 0) is 0 Å². The second-order valence-corrected chi connectivity index (χ2v) is 5.22. The van der Waals surface area contributed by atoms with Crippen LogP contribution in [0.4, 0.5) is 0 Å². The van der Waals surface area contributed by atoms with E-state index in [9.17, 15) is 0 Å². The molecule has 0 spiro atoms. The fourth-order valence-electron chi connectivity index (χ4n) is 2.32. The summed E-state index contributed by atoms with van der Waals surface area (Å²) >= 11 is 0. The summed E-state index contributed by atoms with van der Waals surface area (Å²) in [5.41, 5.74) is 7.53. The third-order valence-corrected chi connectivity index (χ3v) is 3.44. The Morgan fingerprint density at radius 2 is 2.00 bits per heavy atom. The molecule has 1 unspecified atom stereocenters. The highest BCUT2D eigenvalue weighted by Gasteiger charge is 2.24. The van der Waals surface area contributed by atoms with Crippen molar-refractivity contribution in [1.82, 2.24) is 4.90 Å². The Bertz CT molecular complexity index is 319. The van der Waals surface area contributed by atoms with Gasteiger partial charge >= 0.3 is 0 Å². The molecule has 1 aliphatic rings. The molecule has 1 aromatic rings. The highest BCUT2D eigenvalue weighted by Crippen LogP contribution is 2.30. The van der Waals surface area contributed by atoms with Gasteiger partial charge in [0.2, 0.25) is 0 Å². The van der Waals surface area contributed by atoms with Gasteiger partial charge in [-0.05, 0) is 37.3 Å². The van der Waals surface area contributed by atoms with Gasteiger partial charge in [-0.1, -0.05) is 37.3 Å². The lowest BCUT2D eigenvalue weighted by molar-refractivity contribution is 0.248.